The summed E-state index contributed by atoms with van der Waals surface area (Å²) < 4.78 is 16.4. The fourth-order valence-corrected chi connectivity index (χ4v) is 2.18. The summed E-state index contributed by atoms with van der Waals surface area (Å²) in [6.45, 7) is 1.96. The number of ether oxygens (including phenoxy) is 3. The van der Waals surface area contributed by atoms with Crippen LogP contribution in [0.4, 0.5) is 0 Å². The normalized spacial score (nSPS) is 18.8. The molecule has 1 fully saturated rings. The van der Waals surface area contributed by atoms with Crippen LogP contribution in [0, 0.1) is 11.3 Å². The molecule has 102 valence electrons. The van der Waals surface area contributed by atoms with Gasteiger partial charge in [0, 0.05) is 6.61 Å². The quantitative estimate of drug-likeness (QED) is 0.817. The molecule has 1 atom stereocenters. The van der Waals surface area contributed by atoms with Crippen LogP contribution in [-0.4, -0.2) is 26.4 Å². The van der Waals surface area contributed by atoms with E-state index in [0.717, 1.165) is 25.0 Å². The Balaban J connectivity index is 1.84. The maximum absolute atomic E-state index is 9.01. The monoisotopic (exact) mass is 261 g/mol. The molecular formula is C15H19NO3. The summed E-state index contributed by atoms with van der Waals surface area (Å²) in [5.74, 6) is 0.599. The molecule has 0 aromatic heterocycles. The van der Waals surface area contributed by atoms with Gasteiger partial charge in [0.1, 0.15) is 11.8 Å². The number of hydrogen-bond donors (Lipinski definition) is 0. The van der Waals surface area contributed by atoms with Gasteiger partial charge in [-0.15, -0.1) is 0 Å². The van der Waals surface area contributed by atoms with E-state index in [1.165, 1.54) is 6.42 Å². The highest BCUT2D eigenvalue weighted by Crippen LogP contribution is 2.19. The topological polar surface area (TPSA) is 51.5 Å². The zero-order valence-electron chi connectivity index (χ0n) is 11.2. The average molecular weight is 261 g/mol. The lowest BCUT2D eigenvalue weighted by molar-refractivity contribution is -0.0447. The third-order valence-electron chi connectivity index (χ3n) is 3.23. The van der Waals surface area contributed by atoms with Crippen LogP contribution in [0.25, 0.3) is 0 Å². The van der Waals surface area contributed by atoms with Gasteiger partial charge >= 0.3 is 0 Å². The smallest absolute Gasteiger partial charge is 0.136 e. The molecule has 1 saturated heterocycles. The van der Waals surface area contributed by atoms with E-state index in [2.05, 4.69) is 6.07 Å². The second-order valence-electron chi connectivity index (χ2n) is 4.65. The highest BCUT2D eigenvalue weighted by molar-refractivity contribution is 5.45. The summed E-state index contributed by atoms with van der Waals surface area (Å²) in [5, 5.41) is 9.01. The van der Waals surface area contributed by atoms with Crippen LogP contribution in [0.2, 0.25) is 0 Å². The van der Waals surface area contributed by atoms with E-state index >= 15 is 0 Å². The number of nitriles is 1. The highest BCUT2D eigenvalue weighted by Gasteiger charge is 2.13. The SMILES string of the molecule is COc1ccc(COCC2CCCCO2)cc1C#N. The molecular weight excluding hydrogens is 242 g/mol. The molecule has 0 bridgehead atoms. The molecule has 0 aliphatic carbocycles. The Morgan fingerprint density at radius 1 is 1.42 bits per heavy atom. The number of methoxy groups -OCH3 is 1. The van der Waals surface area contributed by atoms with E-state index in [9.17, 15) is 0 Å². The van der Waals surface area contributed by atoms with Crippen LogP contribution >= 0.6 is 0 Å². The lowest BCUT2D eigenvalue weighted by Crippen LogP contribution is -2.24. The molecule has 0 N–H and O–H groups in total. The second kappa shape index (κ2) is 7.13. The minimum Gasteiger partial charge on any atom is -0.495 e. The van der Waals surface area contributed by atoms with Gasteiger partial charge in [0.05, 0.1) is 32.0 Å². The molecule has 1 unspecified atom stereocenters. The number of hydrogen-bond acceptors (Lipinski definition) is 4. The van der Waals surface area contributed by atoms with Crippen molar-refractivity contribution in [3.63, 3.8) is 0 Å². The molecule has 0 spiro atoms. The lowest BCUT2D eigenvalue weighted by atomic mass is 10.1. The maximum Gasteiger partial charge on any atom is 0.136 e. The largest absolute Gasteiger partial charge is 0.495 e. The molecule has 0 amide bonds. The van der Waals surface area contributed by atoms with Gasteiger partial charge in [-0.1, -0.05) is 6.07 Å². The van der Waals surface area contributed by atoms with Crippen molar-refractivity contribution in [1.82, 2.24) is 0 Å². The molecule has 1 aliphatic rings. The van der Waals surface area contributed by atoms with Crippen LogP contribution in [0.3, 0.4) is 0 Å². The fourth-order valence-electron chi connectivity index (χ4n) is 2.18. The van der Waals surface area contributed by atoms with Crippen LogP contribution in [0.1, 0.15) is 30.4 Å². The van der Waals surface area contributed by atoms with Crippen molar-refractivity contribution in [3.8, 4) is 11.8 Å². The first-order valence-corrected chi connectivity index (χ1v) is 6.60. The molecule has 1 aromatic rings. The summed E-state index contributed by atoms with van der Waals surface area (Å²) in [6.07, 6.45) is 3.67. The third-order valence-corrected chi connectivity index (χ3v) is 3.23. The Hall–Kier alpha value is -1.57. The van der Waals surface area contributed by atoms with Crippen LogP contribution in [0.5, 0.6) is 5.75 Å². The molecule has 19 heavy (non-hydrogen) atoms. The van der Waals surface area contributed by atoms with Crippen molar-refractivity contribution in [2.45, 2.75) is 32.0 Å². The Bertz CT molecular complexity index is 447. The Kier molecular flexibility index (Phi) is 5.20. The molecule has 4 nitrogen and oxygen atoms in total. The second-order valence-corrected chi connectivity index (χ2v) is 4.65. The van der Waals surface area contributed by atoms with Gasteiger partial charge in [0.15, 0.2) is 0 Å². The van der Waals surface area contributed by atoms with Crippen molar-refractivity contribution < 1.29 is 14.2 Å². The van der Waals surface area contributed by atoms with Gasteiger partial charge < -0.3 is 14.2 Å². The van der Waals surface area contributed by atoms with E-state index < -0.39 is 0 Å². The van der Waals surface area contributed by atoms with Crippen molar-refractivity contribution in [1.29, 1.82) is 5.26 Å². The van der Waals surface area contributed by atoms with E-state index in [1.807, 2.05) is 6.07 Å². The summed E-state index contributed by atoms with van der Waals surface area (Å²) in [5.41, 5.74) is 1.52. The van der Waals surface area contributed by atoms with Gasteiger partial charge in [-0.2, -0.15) is 5.26 Å². The van der Waals surface area contributed by atoms with Gasteiger partial charge in [-0.25, -0.2) is 0 Å². The first-order valence-electron chi connectivity index (χ1n) is 6.60. The number of benzene rings is 1. The van der Waals surface area contributed by atoms with Crippen LogP contribution in [0.15, 0.2) is 18.2 Å². The predicted octanol–water partition coefficient (Wildman–Crippen LogP) is 2.65. The molecule has 4 heteroatoms. The molecule has 2 rings (SSSR count). The molecule has 1 aromatic carbocycles. The van der Waals surface area contributed by atoms with Gasteiger partial charge in [0.2, 0.25) is 0 Å². The summed E-state index contributed by atoms with van der Waals surface area (Å²) in [4.78, 5) is 0. The number of rotatable bonds is 5. The Morgan fingerprint density at radius 2 is 2.32 bits per heavy atom. The van der Waals surface area contributed by atoms with Crippen molar-refractivity contribution in [2.75, 3.05) is 20.3 Å². The van der Waals surface area contributed by atoms with Gasteiger partial charge in [-0.05, 0) is 37.0 Å². The first kappa shape index (κ1) is 13.9. The molecule has 0 radical (unpaired) electrons. The highest BCUT2D eigenvalue weighted by atomic mass is 16.5. The standard InChI is InChI=1S/C15H19NO3/c1-17-15-6-5-12(8-13(15)9-16)10-18-11-14-4-2-3-7-19-14/h5-6,8,14H,2-4,7,10-11H2,1H3. The molecule has 0 saturated carbocycles. The van der Waals surface area contributed by atoms with Crippen LogP contribution < -0.4 is 4.74 Å². The third kappa shape index (κ3) is 3.95. The van der Waals surface area contributed by atoms with Crippen molar-refractivity contribution in [3.05, 3.63) is 29.3 Å². The molecule has 1 aliphatic heterocycles. The summed E-state index contributed by atoms with van der Waals surface area (Å²) in [7, 11) is 1.56. The number of nitrogens with zero attached hydrogens (tertiary/aromatic N) is 1. The maximum atomic E-state index is 9.01. The Morgan fingerprint density at radius 3 is 3.00 bits per heavy atom. The van der Waals surface area contributed by atoms with Crippen molar-refractivity contribution in [2.24, 2.45) is 0 Å². The minimum absolute atomic E-state index is 0.224. The Labute approximate surface area is 113 Å². The summed E-state index contributed by atoms with van der Waals surface area (Å²) in [6, 6.07) is 7.65. The van der Waals surface area contributed by atoms with E-state index in [4.69, 9.17) is 19.5 Å². The zero-order valence-corrected chi connectivity index (χ0v) is 11.2. The first-order chi connectivity index (χ1) is 9.33. The van der Waals surface area contributed by atoms with Crippen molar-refractivity contribution >= 4 is 0 Å². The zero-order chi connectivity index (χ0) is 13.5. The van der Waals surface area contributed by atoms with E-state index in [0.29, 0.717) is 24.5 Å². The summed E-state index contributed by atoms with van der Waals surface area (Å²) >= 11 is 0. The lowest BCUT2D eigenvalue weighted by Gasteiger charge is -2.22. The average Bonchev–Trinajstić information content (AvgIpc) is 2.48. The fraction of sp³-hybridized carbons (Fsp3) is 0.533. The van der Waals surface area contributed by atoms with E-state index in [-0.39, 0.29) is 6.10 Å². The van der Waals surface area contributed by atoms with Crippen LogP contribution in [-0.2, 0) is 16.1 Å². The van der Waals surface area contributed by atoms with Gasteiger partial charge in [0.25, 0.3) is 0 Å². The van der Waals surface area contributed by atoms with Gasteiger partial charge in [-0.3, -0.25) is 0 Å². The molecule has 1 heterocycles. The minimum atomic E-state index is 0.224. The predicted molar refractivity (Wildman–Crippen MR) is 71.0 cm³/mol. The van der Waals surface area contributed by atoms with E-state index in [1.54, 1.807) is 19.2 Å².